The first-order valence-corrected chi connectivity index (χ1v) is 5.48. The minimum absolute atomic E-state index is 0.258. The summed E-state index contributed by atoms with van der Waals surface area (Å²) in [6.07, 6.45) is -3.82. The van der Waals surface area contributed by atoms with Gasteiger partial charge in [0.15, 0.2) is 5.01 Å². The Kier molecular flexibility index (Phi) is 4.28. The molecule has 0 spiro atoms. The minimum atomic E-state index is -4.43. The Labute approximate surface area is 95.5 Å². The van der Waals surface area contributed by atoms with E-state index in [-0.39, 0.29) is 4.88 Å². The molecule has 1 unspecified atom stereocenters. The van der Waals surface area contributed by atoms with E-state index in [0.717, 1.165) is 6.20 Å². The minimum Gasteiger partial charge on any atom is -0.387 e. The maximum absolute atomic E-state index is 12.2. The van der Waals surface area contributed by atoms with Crippen molar-refractivity contribution in [3.05, 3.63) is 16.1 Å². The molecule has 16 heavy (non-hydrogen) atoms. The van der Waals surface area contributed by atoms with Crippen LogP contribution >= 0.6 is 11.3 Å². The van der Waals surface area contributed by atoms with Crippen LogP contribution in [0.4, 0.5) is 13.2 Å². The van der Waals surface area contributed by atoms with E-state index in [1.54, 1.807) is 0 Å². The molecule has 3 nitrogen and oxygen atoms in total. The van der Waals surface area contributed by atoms with Gasteiger partial charge in [-0.3, -0.25) is 0 Å². The van der Waals surface area contributed by atoms with Gasteiger partial charge in [-0.1, -0.05) is 0 Å². The molecular weight excluding hydrogens is 241 g/mol. The van der Waals surface area contributed by atoms with Crippen LogP contribution in [0.5, 0.6) is 0 Å². The zero-order valence-electron chi connectivity index (χ0n) is 8.95. The van der Waals surface area contributed by atoms with E-state index in [2.05, 4.69) is 4.98 Å². The number of rotatable bonds is 4. The number of thiazole rings is 1. The lowest BCUT2D eigenvalue weighted by atomic mass is 10.2. The summed E-state index contributed by atoms with van der Waals surface area (Å²) < 4.78 is 36.7. The molecule has 0 amide bonds. The van der Waals surface area contributed by atoms with Crippen molar-refractivity contribution in [2.45, 2.75) is 18.7 Å². The Morgan fingerprint density at radius 1 is 1.50 bits per heavy atom. The third kappa shape index (κ3) is 3.73. The average Bonchev–Trinajstić information content (AvgIpc) is 2.61. The molecule has 1 N–H and O–H groups in total. The van der Waals surface area contributed by atoms with Crippen molar-refractivity contribution >= 4 is 11.3 Å². The highest BCUT2D eigenvalue weighted by molar-refractivity contribution is 7.11. The van der Waals surface area contributed by atoms with E-state index < -0.39 is 17.3 Å². The van der Waals surface area contributed by atoms with Crippen molar-refractivity contribution in [3.8, 4) is 0 Å². The molecule has 0 aliphatic heterocycles. The quantitative estimate of drug-likeness (QED) is 0.894. The van der Waals surface area contributed by atoms with Crippen LogP contribution in [0.2, 0.25) is 0 Å². The smallest absolute Gasteiger partial charge is 0.387 e. The fourth-order valence-corrected chi connectivity index (χ4v) is 1.90. The molecule has 0 aliphatic rings. The van der Waals surface area contributed by atoms with Gasteiger partial charge >= 0.3 is 6.18 Å². The summed E-state index contributed by atoms with van der Waals surface area (Å²) in [6, 6.07) is 0. The molecule has 1 atom stereocenters. The molecule has 0 saturated carbocycles. The van der Waals surface area contributed by atoms with Gasteiger partial charge in [0, 0.05) is 12.7 Å². The van der Waals surface area contributed by atoms with E-state index in [4.69, 9.17) is 0 Å². The molecule has 92 valence electrons. The van der Waals surface area contributed by atoms with Crippen molar-refractivity contribution in [2.75, 3.05) is 20.6 Å². The van der Waals surface area contributed by atoms with Gasteiger partial charge in [-0.15, -0.1) is 11.3 Å². The zero-order chi connectivity index (χ0) is 12.3. The average molecular weight is 254 g/mol. The molecule has 1 heterocycles. The largest absolute Gasteiger partial charge is 0.443 e. The van der Waals surface area contributed by atoms with Crippen molar-refractivity contribution in [1.29, 1.82) is 0 Å². The van der Waals surface area contributed by atoms with Crippen LogP contribution in [0.1, 0.15) is 22.4 Å². The number of nitrogens with zero attached hydrogens (tertiary/aromatic N) is 2. The summed E-state index contributed by atoms with van der Waals surface area (Å²) in [7, 11) is 3.67. The summed E-state index contributed by atoms with van der Waals surface area (Å²) in [5, 5.41) is 8.71. The predicted molar refractivity (Wildman–Crippen MR) is 55.2 cm³/mol. The number of aromatic nitrogens is 1. The van der Waals surface area contributed by atoms with E-state index in [0.29, 0.717) is 24.3 Å². The normalized spacial score (nSPS) is 14.4. The highest BCUT2D eigenvalue weighted by atomic mass is 32.1. The van der Waals surface area contributed by atoms with Crippen molar-refractivity contribution in [2.24, 2.45) is 0 Å². The number of hydrogen-bond donors (Lipinski definition) is 1. The van der Waals surface area contributed by atoms with E-state index in [9.17, 15) is 18.3 Å². The van der Waals surface area contributed by atoms with Gasteiger partial charge in [-0.05, 0) is 20.5 Å². The van der Waals surface area contributed by atoms with E-state index >= 15 is 0 Å². The van der Waals surface area contributed by atoms with Gasteiger partial charge < -0.3 is 10.0 Å². The molecule has 1 aromatic rings. The van der Waals surface area contributed by atoms with Crippen LogP contribution in [-0.2, 0) is 6.18 Å². The summed E-state index contributed by atoms with van der Waals surface area (Å²) in [6.45, 7) is 0.612. The Hall–Kier alpha value is -0.660. The molecule has 7 heteroatoms. The van der Waals surface area contributed by atoms with Gasteiger partial charge in [0.05, 0.1) is 11.0 Å². The van der Waals surface area contributed by atoms with Crippen LogP contribution in [0.15, 0.2) is 6.20 Å². The zero-order valence-corrected chi connectivity index (χ0v) is 9.77. The van der Waals surface area contributed by atoms with Gasteiger partial charge in [0.1, 0.15) is 0 Å². The Bertz CT molecular complexity index is 338. The lowest BCUT2D eigenvalue weighted by molar-refractivity contribution is -0.137. The van der Waals surface area contributed by atoms with Crippen molar-refractivity contribution < 1.29 is 18.3 Å². The van der Waals surface area contributed by atoms with Crippen molar-refractivity contribution in [1.82, 2.24) is 9.88 Å². The number of aliphatic hydroxyl groups is 1. The molecule has 1 rings (SSSR count). The highest BCUT2D eigenvalue weighted by Gasteiger charge is 2.35. The molecule has 1 aromatic heterocycles. The van der Waals surface area contributed by atoms with Gasteiger partial charge in [-0.2, -0.15) is 13.2 Å². The van der Waals surface area contributed by atoms with Gasteiger partial charge in [0.2, 0.25) is 0 Å². The second-order valence-corrected chi connectivity index (χ2v) is 4.74. The molecular formula is C9H13F3N2OS. The maximum Gasteiger partial charge on any atom is 0.443 e. The molecule has 0 aromatic carbocycles. The van der Waals surface area contributed by atoms with E-state index in [1.165, 1.54) is 0 Å². The Balaban J connectivity index is 2.63. The van der Waals surface area contributed by atoms with Crippen LogP contribution in [-0.4, -0.2) is 35.6 Å². The topological polar surface area (TPSA) is 36.4 Å². The van der Waals surface area contributed by atoms with Crippen molar-refractivity contribution in [3.63, 3.8) is 0 Å². The fourth-order valence-electron chi connectivity index (χ4n) is 1.09. The second-order valence-electron chi connectivity index (χ2n) is 3.67. The summed E-state index contributed by atoms with van der Waals surface area (Å²) in [4.78, 5) is 5.37. The summed E-state index contributed by atoms with van der Waals surface area (Å²) in [5.74, 6) is 0. The van der Waals surface area contributed by atoms with Crippen LogP contribution < -0.4 is 0 Å². The van der Waals surface area contributed by atoms with Crippen LogP contribution in [0.25, 0.3) is 0 Å². The SMILES string of the molecule is CN(C)CCC(O)c1cnc(C(F)(F)F)s1. The molecule has 0 bridgehead atoms. The third-order valence-corrected chi connectivity index (χ3v) is 3.09. The van der Waals surface area contributed by atoms with E-state index in [1.807, 2.05) is 19.0 Å². The monoisotopic (exact) mass is 254 g/mol. The Morgan fingerprint density at radius 2 is 2.12 bits per heavy atom. The molecule has 0 aliphatic carbocycles. The number of aliphatic hydroxyl groups excluding tert-OH is 1. The first kappa shape index (κ1) is 13.4. The number of halogens is 3. The lowest BCUT2D eigenvalue weighted by Gasteiger charge is -2.12. The highest BCUT2D eigenvalue weighted by Crippen LogP contribution is 2.34. The van der Waals surface area contributed by atoms with Gasteiger partial charge in [-0.25, -0.2) is 4.98 Å². The second kappa shape index (κ2) is 5.11. The van der Waals surface area contributed by atoms with Gasteiger partial charge in [0.25, 0.3) is 0 Å². The molecule has 0 fully saturated rings. The molecule has 0 radical (unpaired) electrons. The molecule has 0 saturated heterocycles. The van der Waals surface area contributed by atoms with Crippen LogP contribution in [0, 0.1) is 0 Å². The first-order chi connectivity index (χ1) is 7.30. The summed E-state index contributed by atoms with van der Waals surface area (Å²) in [5.41, 5.74) is 0. The first-order valence-electron chi connectivity index (χ1n) is 4.66. The third-order valence-electron chi connectivity index (χ3n) is 1.94. The predicted octanol–water partition coefficient (Wildman–Crippen LogP) is 2.15. The van der Waals surface area contributed by atoms with Crippen LogP contribution in [0.3, 0.4) is 0 Å². The number of alkyl halides is 3. The maximum atomic E-state index is 12.2. The Morgan fingerprint density at radius 3 is 2.56 bits per heavy atom. The number of hydrogen-bond acceptors (Lipinski definition) is 4. The standard InChI is InChI=1S/C9H13F3N2OS/c1-14(2)4-3-6(15)7-5-13-8(16-7)9(10,11)12/h5-6,15H,3-4H2,1-2H3. The fraction of sp³-hybridized carbons (Fsp3) is 0.667. The lowest BCUT2D eigenvalue weighted by Crippen LogP contribution is -2.15. The summed E-state index contributed by atoms with van der Waals surface area (Å²) >= 11 is 0.495.